The van der Waals surface area contributed by atoms with Gasteiger partial charge in [-0.05, 0) is 37.1 Å². The van der Waals surface area contributed by atoms with E-state index in [1.54, 1.807) is 0 Å². The summed E-state index contributed by atoms with van der Waals surface area (Å²) in [4.78, 5) is 1.48. The van der Waals surface area contributed by atoms with Gasteiger partial charge in [0.2, 0.25) is 6.79 Å². The zero-order valence-electron chi connectivity index (χ0n) is 16.0. The Bertz CT molecular complexity index is 873. The smallest absolute Gasteiger partial charge is 0.231 e. The van der Waals surface area contributed by atoms with Crippen molar-refractivity contribution in [3.05, 3.63) is 58.6 Å². The molecule has 0 amide bonds. The number of quaternary nitrogens is 1. The Kier molecular flexibility index (Phi) is 4.74. The summed E-state index contributed by atoms with van der Waals surface area (Å²) in [6.45, 7) is 2.09. The van der Waals surface area contributed by atoms with Crippen molar-refractivity contribution in [3.63, 3.8) is 0 Å². The number of fused-ring (bicyclic) bond motifs is 2. The summed E-state index contributed by atoms with van der Waals surface area (Å²) in [6.07, 6.45) is 5.16. The molecule has 1 unspecified atom stereocenters. The highest BCUT2D eigenvalue weighted by Crippen LogP contribution is 2.45. The van der Waals surface area contributed by atoms with Crippen molar-refractivity contribution >= 4 is 11.6 Å². The van der Waals surface area contributed by atoms with Gasteiger partial charge in [0.05, 0.1) is 12.1 Å². The second kappa shape index (κ2) is 7.25. The van der Waals surface area contributed by atoms with E-state index in [4.69, 9.17) is 21.1 Å². The first-order chi connectivity index (χ1) is 13.6. The lowest BCUT2D eigenvalue weighted by Gasteiger charge is -2.50. The number of rotatable bonds is 3. The average Bonchev–Trinajstić information content (AvgIpc) is 3.17. The summed E-state index contributed by atoms with van der Waals surface area (Å²) in [5.41, 5.74) is 1.85. The van der Waals surface area contributed by atoms with Gasteiger partial charge < -0.3 is 19.5 Å². The summed E-state index contributed by atoms with van der Waals surface area (Å²) >= 11 is 6.48. The predicted octanol–water partition coefficient (Wildman–Crippen LogP) is 3.52. The molecule has 1 saturated heterocycles. The van der Waals surface area contributed by atoms with Gasteiger partial charge in [-0.2, -0.15) is 0 Å². The van der Waals surface area contributed by atoms with E-state index in [0.717, 1.165) is 55.3 Å². The van der Waals surface area contributed by atoms with Crippen LogP contribution in [0.2, 0.25) is 5.02 Å². The fourth-order valence-corrected chi connectivity index (χ4v) is 5.72. The molecule has 0 radical (unpaired) electrons. The third kappa shape index (κ3) is 3.18. The maximum atomic E-state index is 11.5. The van der Waals surface area contributed by atoms with Crippen LogP contribution in [0, 0.1) is 5.92 Å². The van der Waals surface area contributed by atoms with Crippen LogP contribution in [0.5, 0.6) is 11.5 Å². The number of ether oxygens (including phenoxy) is 2. The Hall–Kier alpha value is -1.75. The molecule has 0 spiro atoms. The van der Waals surface area contributed by atoms with Crippen LogP contribution in [0.4, 0.5) is 0 Å². The Morgan fingerprint density at radius 1 is 1.07 bits per heavy atom. The molecule has 1 saturated carbocycles. The molecule has 28 heavy (non-hydrogen) atoms. The van der Waals surface area contributed by atoms with Crippen molar-refractivity contribution in [2.24, 2.45) is 5.92 Å². The number of aliphatic hydroxyl groups is 1. The lowest BCUT2D eigenvalue weighted by Crippen LogP contribution is -3.13. The predicted molar refractivity (Wildman–Crippen MR) is 108 cm³/mol. The van der Waals surface area contributed by atoms with E-state index in [0.29, 0.717) is 0 Å². The summed E-state index contributed by atoms with van der Waals surface area (Å²) in [7, 11) is 0. The lowest BCUT2D eigenvalue weighted by atomic mass is 9.66. The van der Waals surface area contributed by atoms with Gasteiger partial charge in [0, 0.05) is 28.5 Å². The van der Waals surface area contributed by atoms with Gasteiger partial charge in [-0.1, -0.05) is 42.6 Å². The number of likely N-dealkylation sites (tertiary alicyclic amines) is 1. The van der Waals surface area contributed by atoms with Crippen LogP contribution in [-0.4, -0.2) is 24.0 Å². The zero-order valence-corrected chi connectivity index (χ0v) is 16.8. The van der Waals surface area contributed by atoms with Crippen LogP contribution in [0.15, 0.2) is 42.5 Å². The molecule has 0 aromatic heterocycles. The van der Waals surface area contributed by atoms with Gasteiger partial charge in [-0.3, -0.25) is 0 Å². The third-order valence-electron chi connectivity index (χ3n) is 6.92. The highest BCUT2D eigenvalue weighted by molar-refractivity contribution is 6.31. The maximum absolute atomic E-state index is 11.5. The molecule has 2 fully saturated rings. The van der Waals surface area contributed by atoms with Crippen LogP contribution in [-0.2, 0) is 6.54 Å². The Morgan fingerprint density at radius 3 is 2.82 bits per heavy atom. The Labute approximate surface area is 171 Å². The molecule has 2 aliphatic heterocycles. The van der Waals surface area contributed by atoms with E-state index in [9.17, 15) is 5.11 Å². The summed E-state index contributed by atoms with van der Waals surface area (Å²) in [6, 6.07) is 14.6. The molecule has 2 aromatic rings. The topological polar surface area (TPSA) is 43.1 Å². The zero-order chi connectivity index (χ0) is 19.1. The third-order valence-corrected chi connectivity index (χ3v) is 7.29. The molecule has 0 bridgehead atoms. The van der Waals surface area contributed by atoms with Gasteiger partial charge in [-0.15, -0.1) is 0 Å². The number of hydrogen-bond acceptors (Lipinski definition) is 3. The molecule has 2 aromatic carbocycles. The van der Waals surface area contributed by atoms with Gasteiger partial charge in [0.1, 0.15) is 12.6 Å². The largest absolute Gasteiger partial charge is 0.454 e. The molecule has 4 nitrogen and oxygen atoms in total. The number of hydrogen-bond donors (Lipinski definition) is 2. The lowest BCUT2D eigenvalue weighted by molar-refractivity contribution is -0.958. The quantitative estimate of drug-likeness (QED) is 0.828. The molecule has 4 atom stereocenters. The molecule has 5 rings (SSSR count). The molecular formula is C23H27ClNO3+. The van der Waals surface area contributed by atoms with E-state index in [1.165, 1.54) is 22.4 Å². The minimum Gasteiger partial charge on any atom is -0.454 e. The summed E-state index contributed by atoms with van der Waals surface area (Å²) < 4.78 is 11.2. The van der Waals surface area contributed by atoms with Gasteiger partial charge >= 0.3 is 0 Å². The maximum Gasteiger partial charge on any atom is 0.231 e. The molecule has 148 valence electrons. The van der Waals surface area contributed by atoms with Crippen LogP contribution in [0.25, 0.3) is 0 Å². The van der Waals surface area contributed by atoms with E-state index < -0.39 is 5.60 Å². The first-order valence-electron chi connectivity index (χ1n) is 10.3. The fraction of sp³-hybridized carbons (Fsp3) is 0.478. The van der Waals surface area contributed by atoms with Crippen molar-refractivity contribution in [2.45, 2.75) is 50.3 Å². The SMILES string of the molecule is O[C@]12CCCC[C@H]1[C@@H](c1ccc3c(c1)OCO3)[NH+](Cc1ccccc1Cl)CC2. The van der Waals surface area contributed by atoms with Crippen molar-refractivity contribution < 1.29 is 19.5 Å². The molecule has 2 N–H and O–H groups in total. The number of piperidine rings is 1. The first kappa shape index (κ1) is 18.3. The highest BCUT2D eigenvalue weighted by Gasteiger charge is 2.51. The number of halogens is 1. The van der Waals surface area contributed by atoms with Crippen LogP contribution >= 0.6 is 11.6 Å². The van der Waals surface area contributed by atoms with Crippen LogP contribution in [0.3, 0.4) is 0 Å². The van der Waals surface area contributed by atoms with E-state index in [-0.39, 0.29) is 18.8 Å². The molecule has 3 aliphatic rings. The normalized spacial score (nSPS) is 31.4. The minimum absolute atomic E-state index is 0.227. The summed E-state index contributed by atoms with van der Waals surface area (Å²) in [5.74, 6) is 1.89. The van der Waals surface area contributed by atoms with Crippen molar-refractivity contribution in [1.82, 2.24) is 0 Å². The van der Waals surface area contributed by atoms with Crippen molar-refractivity contribution in [1.29, 1.82) is 0 Å². The molecule has 2 heterocycles. The van der Waals surface area contributed by atoms with Crippen molar-refractivity contribution in [3.8, 4) is 11.5 Å². The van der Waals surface area contributed by atoms with Gasteiger partial charge in [0.25, 0.3) is 0 Å². The monoisotopic (exact) mass is 400 g/mol. The molecule has 5 heteroatoms. The standard InChI is InChI=1S/C23H26ClNO3/c24-19-7-2-1-5-17(19)14-25-12-11-23(26)10-4-3-6-18(23)22(25)16-8-9-20-21(13-16)28-15-27-20/h1-2,5,7-9,13,18,22,26H,3-4,6,10-12,14-15H2/p+1/t18-,22+,23-/m0/s1. The number of nitrogens with one attached hydrogen (secondary N) is 1. The van der Waals surface area contributed by atoms with E-state index >= 15 is 0 Å². The average molecular weight is 401 g/mol. The summed E-state index contributed by atoms with van der Waals surface area (Å²) in [5, 5.41) is 12.3. The van der Waals surface area contributed by atoms with E-state index in [2.05, 4.69) is 24.3 Å². The Morgan fingerprint density at radius 2 is 1.93 bits per heavy atom. The molecule has 1 aliphatic carbocycles. The number of benzene rings is 2. The minimum atomic E-state index is -0.552. The Balaban J connectivity index is 1.53. The van der Waals surface area contributed by atoms with Crippen LogP contribution < -0.4 is 14.4 Å². The van der Waals surface area contributed by atoms with E-state index in [1.807, 2.05) is 18.2 Å². The van der Waals surface area contributed by atoms with Crippen LogP contribution in [0.1, 0.15) is 49.3 Å². The molecular weight excluding hydrogens is 374 g/mol. The second-order valence-electron chi connectivity index (χ2n) is 8.47. The van der Waals surface area contributed by atoms with Crippen molar-refractivity contribution in [2.75, 3.05) is 13.3 Å². The highest BCUT2D eigenvalue weighted by atomic mass is 35.5. The second-order valence-corrected chi connectivity index (χ2v) is 8.88. The fourth-order valence-electron chi connectivity index (χ4n) is 5.51. The van der Waals surface area contributed by atoms with Gasteiger partial charge in [-0.25, -0.2) is 0 Å². The first-order valence-corrected chi connectivity index (χ1v) is 10.7. The van der Waals surface area contributed by atoms with Gasteiger partial charge in [0.15, 0.2) is 11.5 Å².